The van der Waals surface area contributed by atoms with E-state index in [1.807, 2.05) is 43.1 Å². The third-order valence-electron chi connectivity index (χ3n) is 2.92. The van der Waals surface area contributed by atoms with Gasteiger partial charge in [0.25, 0.3) is 5.91 Å². The molecule has 0 bridgehead atoms. The molecule has 1 aromatic rings. The SMILES string of the molecule is CCCC(C(=O)NN)N(C)Cc1ccccc1Cl. The fourth-order valence-electron chi connectivity index (χ4n) is 1.93. The summed E-state index contributed by atoms with van der Waals surface area (Å²) in [6.07, 6.45) is 1.69. The highest BCUT2D eigenvalue weighted by Gasteiger charge is 2.21. The molecule has 0 fully saturated rings. The van der Waals surface area contributed by atoms with Gasteiger partial charge in [-0.1, -0.05) is 43.1 Å². The number of halogens is 1. The maximum atomic E-state index is 11.7. The maximum Gasteiger partial charge on any atom is 0.251 e. The molecular weight excluding hydrogens is 250 g/mol. The minimum atomic E-state index is -0.226. The Kier molecular flexibility index (Phi) is 6.12. The van der Waals surface area contributed by atoms with Gasteiger partial charge in [-0.25, -0.2) is 5.84 Å². The van der Waals surface area contributed by atoms with Gasteiger partial charge in [0.2, 0.25) is 0 Å². The first-order valence-corrected chi connectivity index (χ1v) is 6.42. The fourth-order valence-corrected chi connectivity index (χ4v) is 2.12. The van der Waals surface area contributed by atoms with Crippen molar-refractivity contribution in [3.8, 4) is 0 Å². The molecule has 0 saturated carbocycles. The van der Waals surface area contributed by atoms with Crippen LogP contribution in [0.4, 0.5) is 0 Å². The summed E-state index contributed by atoms with van der Waals surface area (Å²) >= 11 is 6.11. The van der Waals surface area contributed by atoms with Crippen molar-refractivity contribution in [2.24, 2.45) is 5.84 Å². The largest absolute Gasteiger partial charge is 0.293 e. The number of nitrogens with two attached hydrogens (primary N) is 1. The van der Waals surface area contributed by atoms with E-state index < -0.39 is 0 Å². The summed E-state index contributed by atoms with van der Waals surface area (Å²) in [5.74, 6) is 5.05. The summed E-state index contributed by atoms with van der Waals surface area (Å²) < 4.78 is 0. The molecule has 1 amide bonds. The van der Waals surface area contributed by atoms with Gasteiger partial charge in [0.05, 0.1) is 6.04 Å². The summed E-state index contributed by atoms with van der Waals surface area (Å²) in [5, 5.41) is 0.716. The van der Waals surface area contributed by atoms with Crippen LogP contribution in [0.1, 0.15) is 25.3 Å². The molecule has 100 valence electrons. The Labute approximate surface area is 113 Å². The van der Waals surface area contributed by atoms with Crippen molar-refractivity contribution in [2.75, 3.05) is 7.05 Å². The Hall–Kier alpha value is -1.10. The highest BCUT2D eigenvalue weighted by Crippen LogP contribution is 2.18. The molecule has 0 aliphatic heterocycles. The molecule has 0 aliphatic rings. The molecule has 0 saturated heterocycles. The van der Waals surface area contributed by atoms with Gasteiger partial charge in [-0.05, 0) is 25.1 Å². The summed E-state index contributed by atoms with van der Waals surface area (Å²) in [6, 6.07) is 7.41. The molecule has 0 heterocycles. The van der Waals surface area contributed by atoms with Crippen LogP contribution in [0.3, 0.4) is 0 Å². The van der Waals surface area contributed by atoms with E-state index in [2.05, 4.69) is 5.43 Å². The minimum absolute atomic E-state index is 0.161. The van der Waals surface area contributed by atoms with Gasteiger partial charge >= 0.3 is 0 Å². The smallest absolute Gasteiger partial charge is 0.251 e. The van der Waals surface area contributed by atoms with E-state index in [9.17, 15) is 4.79 Å². The molecule has 0 aromatic heterocycles. The number of carbonyl (C=O) groups is 1. The molecule has 4 nitrogen and oxygen atoms in total. The second kappa shape index (κ2) is 7.36. The topological polar surface area (TPSA) is 58.4 Å². The van der Waals surface area contributed by atoms with Gasteiger partial charge < -0.3 is 0 Å². The molecule has 18 heavy (non-hydrogen) atoms. The van der Waals surface area contributed by atoms with Crippen molar-refractivity contribution < 1.29 is 4.79 Å². The number of hydrogen-bond acceptors (Lipinski definition) is 3. The molecule has 0 aliphatic carbocycles. The number of likely N-dealkylation sites (N-methyl/N-ethyl adjacent to an activating group) is 1. The number of rotatable bonds is 6. The summed E-state index contributed by atoms with van der Waals surface area (Å²) in [4.78, 5) is 13.7. The average Bonchev–Trinajstić information content (AvgIpc) is 2.37. The molecule has 1 atom stereocenters. The first-order chi connectivity index (χ1) is 8.60. The van der Waals surface area contributed by atoms with Gasteiger partial charge in [0.15, 0.2) is 0 Å². The van der Waals surface area contributed by atoms with Gasteiger partial charge in [-0.3, -0.25) is 15.1 Å². The number of hydrogen-bond donors (Lipinski definition) is 2. The van der Waals surface area contributed by atoms with Crippen molar-refractivity contribution >= 4 is 17.5 Å². The Balaban J connectivity index is 2.75. The lowest BCUT2D eigenvalue weighted by Crippen LogP contribution is -2.47. The summed E-state index contributed by atoms with van der Waals surface area (Å²) in [6.45, 7) is 2.66. The van der Waals surface area contributed by atoms with E-state index in [0.717, 1.165) is 18.4 Å². The fraction of sp³-hybridized carbons (Fsp3) is 0.462. The van der Waals surface area contributed by atoms with Crippen LogP contribution in [0.2, 0.25) is 5.02 Å². The monoisotopic (exact) mass is 269 g/mol. The van der Waals surface area contributed by atoms with Crippen LogP contribution in [0.25, 0.3) is 0 Å². The second-order valence-electron chi connectivity index (χ2n) is 4.32. The highest BCUT2D eigenvalue weighted by atomic mass is 35.5. The first-order valence-electron chi connectivity index (χ1n) is 6.04. The van der Waals surface area contributed by atoms with Crippen molar-refractivity contribution in [2.45, 2.75) is 32.4 Å². The van der Waals surface area contributed by atoms with Crippen LogP contribution in [0.5, 0.6) is 0 Å². The summed E-state index contributed by atoms with van der Waals surface area (Å²) in [5.41, 5.74) is 3.22. The lowest BCUT2D eigenvalue weighted by molar-refractivity contribution is -0.126. The molecule has 0 spiro atoms. The number of hydrazine groups is 1. The van der Waals surface area contributed by atoms with Gasteiger partial charge in [0, 0.05) is 11.6 Å². The van der Waals surface area contributed by atoms with E-state index in [1.165, 1.54) is 0 Å². The quantitative estimate of drug-likeness (QED) is 0.471. The van der Waals surface area contributed by atoms with E-state index in [4.69, 9.17) is 17.4 Å². The van der Waals surface area contributed by atoms with Gasteiger partial charge in [-0.2, -0.15) is 0 Å². The summed E-state index contributed by atoms with van der Waals surface area (Å²) in [7, 11) is 1.90. The zero-order chi connectivity index (χ0) is 13.5. The first kappa shape index (κ1) is 15.0. The van der Waals surface area contributed by atoms with Crippen LogP contribution in [-0.2, 0) is 11.3 Å². The normalized spacial score (nSPS) is 12.5. The molecule has 5 heteroatoms. The van der Waals surface area contributed by atoms with E-state index in [0.29, 0.717) is 11.6 Å². The molecule has 1 rings (SSSR count). The van der Waals surface area contributed by atoms with E-state index >= 15 is 0 Å². The molecule has 1 unspecified atom stereocenters. The lowest BCUT2D eigenvalue weighted by Gasteiger charge is -2.26. The third kappa shape index (κ3) is 3.98. The number of carbonyl (C=O) groups excluding carboxylic acids is 1. The Bertz CT molecular complexity index is 398. The van der Waals surface area contributed by atoms with Crippen molar-refractivity contribution in [3.63, 3.8) is 0 Å². The average molecular weight is 270 g/mol. The molecule has 3 N–H and O–H groups in total. The molecular formula is C13H20ClN3O. The molecule has 1 aromatic carbocycles. The number of benzene rings is 1. The Morgan fingerprint density at radius 2 is 2.17 bits per heavy atom. The standard InChI is InChI=1S/C13H20ClN3O/c1-3-6-12(13(18)16-15)17(2)9-10-7-4-5-8-11(10)14/h4-5,7-8,12H,3,6,9,15H2,1-2H3,(H,16,18). The minimum Gasteiger partial charge on any atom is -0.293 e. The van der Waals surface area contributed by atoms with Crippen LogP contribution in [-0.4, -0.2) is 23.9 Å². The lowest BCUT2D eigenvalue weighted by atomic mass is 10.1. The number of nitrogens with one attached hydrogen (secondary N) is 1. The highest BCUT2D eigenvalue weighted by molar-refractivity contribution is 6.31. The van der Waals surface area contributed by atoms with Gasteiger partial charge in [0.1, 0.15) is 0 Å². The van der Waals surface area contributed by atoms with Crippen LogP contribution < -0.4 is 11.3 Å². The zero-order valence-electron chi connectivity index (χ0n) is 10.8. The van der Waals surface area contributed by atoms with Crippen molar-refractivity contribution in [1.82, 2.24) is 10.3 Å². The second-order valence-corrected chi connectivity index (χ2v) is 4.73. The Morgan fingerprint density at radius 3 is 2.72 bits per heavy atom. The van der Waals surface area contributed by atoms with E-state index in [1.54, 1.807) is 0 Å². The number of amides is 1. The van der Waals surface area contributed by atoms with Crippen LogP contribution in [0.15, 0.2) is 24.3 Å². The maximum absolute atomic E-state index is 11.7. The van der Waals surface area contributed by atoms with Crippen LogP contribution in [0, 0.1) is 0 Å². The number of nitrogens with zero attached hydrogens (tertiary/aromatic N) is 1. The van der Waals surface area contributed by atoms with Crippen molar-refractivity contribution in [1.29, 1.82) is 0 Å². The van der Waals surface area contributed by atoms with Crippen LogP contribution >= 0.6 is 11.6 Å². The third-order valence-corrected chi connectivity index (χ3v) is 3.29. The Morgan fingerprint density at radius 1 is 1.50 bits per heavy atom. The van der Waals surface area contributed by atoms with E-state index in [-0.39, 0.29) is 11.9 Å². The van der Waals surface area contributed by atoms with Crippen molar-refractivity contribution in [3.05, 3.63) is 34.9 Å². The van der Waals surface area contributed by atoms with Gasteiger partial charge in [-0.15, -0.1) is 0 Å². The predicted octanol–water partition coefficient (Wildman–Crippen LogP) is 1.93. The predicted molar refractivity (Wildman–Crippen MR) is 73.9 cm³/mol. The molecule has 0 radical (unpaired) electrons. The zero-order valence-corrected chi connectivity index (χ0v) is 11.6.